The van der Waals surface area contributed by atoms with Crippen molar-refractivity contribution in [3.63, 3.8) is 0 Å². The number of hydrogen-bond donors (Lipinski definition) is 2. The number of benzene rings is 2. The van der Waals surface area contributed by atoms with Gasteiger partial charge in [-0.3, -0.25) is 9.59 Å². The maximum atomic E-state index is 13.8. The highest BCUT2D eigenvalue weighted by Crippen LogP contribution is 2.38. The fraction of sp³-hybridized carbons (Fsp3) is 0.516. The van der Waals surface area contributed by atoms with Crippen LogP contribution in [-0.2, 0) is 22.6 Å². The fourth-order valence-corrected chi connectivity index (χ4v) is 6.35. The summed E-state index contributed by atoms with van der Waals surface area (Å²) in [6.45, 7) is 4.88. The smallest absolute Gasteiger partial charge is 0.322 e. The number of carbonyl (C=O) groups excluding carboxylic acids is 3. The molecule has 5 rings (SSSR count). The molecule has 2 aliphatic heterocycles. The summed E-state index contributed by atoms with van der Waals surface area (Å²) in [4.78, 5) is 44.7. The van der Waals surface area contributed by atoms with E-state index in [0.717, 1.165) is 32.1 Å². The Hall–Kier alpha value is -3.55. The summed E-state index contributed by atoms with van der Waals surface area (Å²) in [5.74, 6) is -0.0370. The highest BCUT2D eigenvalue weighted by atomic mass is 16.5. The van der Waals surface area contributed by atoms with Crippen molar-refractivity contribution in [1.82, 2.24) is 15.1 Å². The topological polar surface area (TPSA) is 91.0 Å². The molecule has 0 bridgehead atoms. The summed E-state index contributed by atoms with van der Waals surface area (Å²) in [5, 5.41) is 6.14. The lowest BCUT2D eigenvalue weighted by atomic mass is 9.97. The third kappa shape index (κ3) is 6.21. The summed E-state index contributed by atoms with van der Waals surface area (Å²) < 4.78 is 5.72. The van der Waals surface area contributed by atoms with Gasteiger partial charge in [-0.1, -0.05) is 49.2 Å². The fourth-order valence-electron chi connectivity index (χ4n) is 6.35. The van der Waals surface area contributed by atoms with Crippen molar-refractivity contribution in [3.05, 3.63) is 59.7 Å². The van der Waals surface area contributed by atoms with Crippen molar-refractivity contribution < 1.29 is 19.1 Å². The summed E-state index contributed by atoms with van der Waals surface area (Å²) in [6, 6.07) is 15.1. The molecule has 0 aromatic heterocycles. The second-order valence-electron chi connectivity index (χ2n) is 10.9. The lowest BCUT2D eigenvalue weighted by molar-refractivity contribution is -0.136. The quantitative estimate of drug-likeness (QED) is 0.603. The van der Waals surface area contributed by atoms with E-state index in [1.807, 2.05) is 53.1 Å². The Morgan fingerprint density at radius 1 is 0.974 bits per heavy atom. The Kier molecular flexibility index (Phi) is 8.69. The molecule has 39 heavy (non-hydrogen) atoms. The van der Waals surface area contributed by atoms with Crippen LogP contribution in [0.4, 0.5) is 10.5 Å². The van der Waals surface area contributed by atoms with Gasteiger partial charge in [-0.2, -0.15) is 0 Å². The average molecular weight is 533 g/mol. The minimum atomic E-state index is -0.415. The third-order valence-electron chi connectivity index (χ3n) is 8.37. The van der Waals surface area contributed by atoms with Crippen molar-refractivity contribution in [2.24, 2.45) is 11.8 Å². The molecule has 2 fully saturated rings. The van der Waals surface area contributed by atoms with Gasteiger partial charge >= 0.3 is 6.03 Å². The molecule has 0 radical (unpaired) electrons. The lowest BCUT2D eigenvalue weighted by Gasteiger charge is -2.33. The number of carbonyl (C=O) groups is 3. The van der Waals surface area contributed by atoms with E-state index in [0.29, 0.717) is 57.1 Å². The Bertz CT molecular complexity index is 1180. The van der Waals surface area contributed by atoms with Crippen molar-refractivity contribution >= 4 is 23.5 Å². The van der Waals surface area contributed by atoms with Crippen LogP contribution in [-0.4, -0.2) is 59.9 Å². The number of urea groups is 1. The molecular weight excluding hydrogens is 492 g/mol. The number of ether oxygens (including phenoxy) is 1. The molecule has 8 heteroatoms. The first-order valence-electron chi connectivity index (χ1n) is 14.5. The molecular formula is C31H40N4O4. The van der Waals surface area contributed by atoms with Gasteiger partial charge in [0, 0.05) is 38.1 Å². The number of para-hydroxylation sites is 2. The third-order valence-corrected chi connectivity index (χ3v) is 8.37. The molecule has 2 aromatic carbocycles. The number of amides is 4. The molecule has 2 N–H and O–H groups in total. The molecule has 2 aromatic rings. The molecule has 1 aliphatic carbocycles. The van der Waals surface area contributed by atoms with E-state index in [2.05, 4.69) is 22.8 Å². The maximum absolute atomic E-state index is 13.8. The second kappa shape index (κ2) is 12.5. The Morgan fingerprint density at radius 2 is 1.74 bits per heavy atom. The Labute approximate surface area is 231 Å². The molecule has 1 saturated carbocycles. The number of hydrogen-bond acceptors (Lipinski definition) is 4. The molecule has 0 unspecified atom stereocenters. The molecule has 4 amide bonds. The van der Waals surface area contributed by atoms with Crippen LogP contribution in [0.25, 0.3) is 0 Å². The van der Waals surface area contributed by atoms with Crippen LogP contribution in [0.1, 0.15) is 56.6 Å². The van der Waals surface area contributed by atoms with Crippen LogP contribution in [0.5, 0.6) is 5.75 Å². The number of rotatable bonds is 4. The number of nitrogens with zero attached hydrogens (tertiary/aromatic N) is 2. The van der Waals surface area contributed by atoms with Crippen LogP contribution in [0.15, 0.2) is 48.5 Å². The predicted molar refractivity (Wildman–Crippen MR) is 150 cm³/mol. The first-order chi connectivity index (χ1) is 19.0. The summed E-state index contributed by atoms with van der Waals surface area (Å²) in [5.41, 5.74) is 3.10. The summed E-state index contributed by atoms with van der Waals surface area (Å²) in [7, 11) is 0. The molecule has 3 atom stereocenters. The number of anilines is 1. The van der Waals surface area contributed by atoms with Gasteiger partial charge < -0.3 is 25.2 Å². The van der Waals surface area contributed by atoms with E-state index in [1.54, 1.807) is 0 Å². The van der Waals surface area contributed by atoms with Gasteiger partial charge in [0.1, 0.15) is 5.75 Å². The van der Waals surface area contributed by atoms with Gasteiger partial charge in [-0.05, 0) is 62.3 Å². The molecule has 8 nitrogen and oxygen atoms in total. The minimum Gasteiger partial charge on any atom is -0.492 e. The highest BCUT2D eigenvalue weighted by Gasteiger charge is 2.46. The average Bonchev–Trinajstić information content (AvgIpc) is 3.39. The van der Waals surface area contributed by atoms with Gasteiger partial charge in [-0.15, -0.1) is 0 Å². The SMILES string of the molecule is CCOc1ccccc1NC(=O)N1CCCCCCNC(=O)[C@H]2C[C@H](C(=O)N3CCc4ccccc4C3)C[C@H]21. The zero-order valence-corrected chi connectivity index (χ0v) is 22.9. The van der Waals surface area contributed by atoms with Gasteiger partial charge in [0.15, 0.2) is 0 Å². The van der Waals surface area contributed by atoms with Crippen LogP contribution in [0.3, 0.4) is 0 Å². The molecule has 0 spiro atoms. The Balaban J connectivity index is 1.37. The van der Waals surface area contributed by atoms with E-state index in [-0.39, 0.29) is 29.8 Å². The lowest BCUT2D eigenvalue weighted by Crippen LogP contribution is -2.49. The first-order valence-corrected chi connectivity index (χ1v) is 14.5. The van der Waals surface area contributed by atoms with Crippen LogP contribution >= 0.6 is 0 Å². The molecule has 208 valence electrons. The first kappa shape index (κ1) is 27.0. The van der Waals surface area contributed by atoms with E-state index < -0.39 is 5.92 Å². The van der Waals surface area contributed by atoms with E-state index in [9.17, 15) is 14.4 Å². The zero-order chi connectivity index (χ0) is 27.2. The summed E-state index contributed by atoms with van der Waals surface area (Å²) >= 11 is 0. The minimum absolute atomic E-state index is 0.0475. The number of nitrogens with one attached hydrogen (secondary N) is 2. The monoisotopic (exact) mass is 532 g/mol. The largest absolute Gasteiger partial charge is 0.492 e. The van der Waals surface area contributed by atoms with Crippen LogP contribution in [0.2, 0.25) is 0 Å². The van der Waals surface area contributed by atoms with Crippen molar-refractivity contribution in [2.45, 2.75) is 64.5 Å². The van der Waals surface area contributed by atoms with Gasteiger partial charge in [0.2, 0.25) is 11.8 Å². The van der Waals surface area contributed by atoms with Crippen LogP contribution in [0, 0.1) is 11.8 Å². The normalized spacial score (nSPS) is 23.6. The number of fused-ring (bicyclic) bond motifs is 2. The van der Waals surface area contributed by atoms with Gasteiger partial charge in [0.05, 0.1) is 18.2 Å². The molecule has 2 heterocycles. The maximum Gasteiger partial charge on any atom is 0.322 e. The highest BCUT2D eigenvalue weighted by molar-refractivity contribution is 5.92. The van der Waals surface area contributed by atoms with E-state index >= 15 is 0 Å². The molecule has 1 saturated heterocycles. The molecule has 3 aliphatic rings. The Morgan fingerprint density at radius 3 is 2.59 bits per heavy atom. The van der Waals surface area contributed by atoms with Crippen molar-refractivity contribution in [3.8, 4) is 5.75 Å². The summed E-state index contributed by atoms with van der Waals surface area (Å²) in [6.07, 6.45) is 5.59. The zero-order valence-electron chi connectivity index (χ0n) is 22.9. The van der Waals surface area contributed by atoms with Crippen LogP contribution < -0.4 is 15.4 Å². The second-order valence-corrected chi connectivity index (χ2v) is 10.9. The van der Waals surface area contributed by atoms with Crippen molar-refractivity contribution in [1.29, 1.82) is 0 Å². The standard InChI is InChI=1S/C31H40N4O4/c1-2-39-28-14-8-7-13-26(28)33-31(38)35-17-10-4-3-9-16-32-29(36)25-19-24(20-27(25)35)30(37)34-18-15-22-11-5-6-12-23(22)21-34/h5-8,11-14,24-25,27H,2-4,9-10,15-21H2,1H3,(H,32,36)(H,33,38)/t24-,25-,27+/m0/s1. The van der Waals surface area contributed by atoms with E-state index in [4.69, 9.17) is 4.74 Å². The van der Waals surface area contributed by atoms with Crippen molar-refractivity contribution in [2.75, 3.05) is 31.6 Å². The van der Waals surface area contributed by atoms with E-state index in [1.165, 1.54) is 11.1 Å². The van der Waals surface area contributed by atoms with Gasteiger partial charge in [0.25, 0.3) is 0 Å². The predicted octanol–water partition coefficient (Wildman–Crippen LogP) is 4.59. The van der Waals surface area contributed by atoms with Gasteiger partial charge in [-0.25, -0.2) is 4.79 Å².